The van der Waals surface area contributed by atoms with E-state index in [9.17, 15) is 4.79 Å². The number of ether oxygens (including phenoxy) is 1. The summed E-state index contributed by atoms with van der Waals surface area (Å²) >= 11 is 3.33. The molecule has 0 spiro atoms. The lowest BCUT2D eigenvalue weighted by Gasteiger charge is -2.05. The number of rotatable bonds is 2. The van der Waals surface area contributed by atoms with Gasteiger partial charge in [-0.3, -0.25) is 0 Å². The number of hydrogen-bond donors (Lipinski definition) is 0. The molecular formula is C12H9BrO3. The average molecular weight is 281 g/mol. The van der Waals surface area contributed by atoms with E-state index in [4.69, 9.17) is 9.15 Å². The van der Waals surface area contributed by atoms with Gasteiger partial charge in [0.1, 0.15) is 5.75 Å². The summed E-state index contributed by atoms with van der Waals surface area (Å²) in [6.45, 7) is 1.96. The topological polar surface area (TPSA) is 39.4 Å². The van der Waals surface area contributed by atoms with Crippen LogP contribution in [0.1, 0.15) is 16.1 Å². The molecule has 0 aliphatic rings. The van der Waals surface area contributed by atoms with Crippen molar-refractivity contribution < 1.29 is 13.9 Å². The van der Waals surface area contributed by atoms with E-state index < -0.39 is 5.97 Å². The van der Waals surface area contributed by atoms with Gasteiger partial charge in [-0.15, -0.1) is 0 Å². The molecule has 0 aliphatic heterocycles. The zero-order chi connectivity index (χ0) is 11.5. The molecule has 0 unspecified atom stereocenters. The molecule has 0 amide bonds. The van der Waals surface area contributed by atoms with Crippen molar-refractivity contribution in [3.8, 4) is 5.75 Å². The van der Waals surface area contributed by atoms with E-state index in [2.05, 4.69) is 15.9 Å². The molecule has 0 N–H and O–H groups in total. The summed E-state index contributed by atoms with van der Waals surface area (Å²) in [4.78, 5) is 11.6. The highest BCUT2D eigenvalue weighted by atomic mass is 79.9. The number of aryl methyl sites for hydroxylation is 1. The van der Waals surface area contributed by atoms with Crippen LogP contribution in [0, 0.1) is 6.92 Å². The van der Waals surface area contributed by atoms with Gasteiger partial charge in [-0.05, 0) is 52.7 Å². The first kappa shape index (κ1) is 11.0. The lowest BCUT2D eigenvalue weighted by molar-refractivity contribution is 0.0700. The molecule has 2 rings (SSSR count). The Morgan fingerprint density at radius 1 is 1.38 bits per heavy atom. The van der Waals surface area contributed by atoms with Crippen LogP contribution in [-0.2, 0) is 0 Å². The Balaban J connectivity index is 2.18. The van der Waals surface area contributed by atoms with Crippen LogP contribution >= 0.6 is 15.9 Å². The molecule has 0 bridgehead atoms. The Kier molecular flexibility index (Phi) is 3.10. The van der Waals surface area contributed by atoms with Crippen molar-refractivity contribution in [1.82, 2.24) is 0 Å². The van der Waals surface area contributed by atoms with Gasteiger partial charge in [0.25, 0.3) is 0 Å². The largest absolute Gasteiger partial charge is 0.457 e. The fraction of sp³-hybridized carbons (Fsp3) is 0.0833. The molecule has 1 heterocycles. The minimum absolute atomic E-state index is 0.187. The Morgan fingerprint density at radius 3 is 2.81 bits per heavy atom. The van der Waals surface area contributed by atoms with E-state index in [-0.39, 0.29) is 5.76 Å². The highest BCUT2D eigenvalue weighted by Gasteiger charge is 2.12. The summed E-state index contributed by atoms with van der Waals surface area (Å²) in [6.07, 6.45) is 1.43. The van der Waals surface area contributed by atoms with Crippen LogP contribution in [0.15, 0.2) is 45.5 Å². The fourth-order valence-corrected chi connectivity index (χ4v) is 1.81. The first-order valence-corrected chi connectivity index (χ1v) is 5.48. The monoisotopic (exact) mass is 280 g/mol. The molecule has 0 radical (unpaired) electrons. The quantitative estimate of drug-likeness (QED) is 0.624. The van der Waals surface area contributed by atoms with Crippen molar-refractivity contribution in [2.24, 2.45) is 0 Å². The van der Waals surface area contributed by atoms with Crippen LogP contribution in [0.3, 0.4) is 0 Å². The van der Waals surface area contributed by atoms with Gasteiger partial charge in [0.15, 0.2) is 0 Å². The summed E-state index contributed by atoms with van der Waals surface area (Å²) in [6, 6.07) is 8.69. The molecule has 1 aromatic carbocycles. The first-order chi connectivity index (χ1) is 7.66. The normalized spacial score (nSPS) is 10.1. The third-order valence-electron chi connectivity index (χ3n) is 2.01. The minimum Gasteiger partial charge on any atom is -0.457 e. The number of halogens is 1. The molecule has 0 fully saturated rings. The van der Waals surface area contributed by atoms with Crippen LogP contribution in [0.2, 0.25) is 0 Å². The SMILES string of the molecule is Cc1ccc(OC(=O)c2ccco2)c(Br)c1. The van der Waals surface area contributed by atoms with Crippen molar-refractivity contribution >= 4 is 21.9 Å². The average Bonchev–Trinajstić information content (AvgIpc) is 2.75. The molecule has 1 aromatic heterocycles. The maximum atomic E-state index is 11.6. The van der Waals surface area contributed by atoms with Gasteiger partial charge in [0.05, 0.1) is 10.7 Å². The molecule has 4 heteroatoms. The second-order valence-electron chi connectivity index (χ2n) is 3.30. The number of carbonyl (C=O) groups excluding carboxylic acids is 1. The van der Waals surface area contributed by atoms with Crippen molar-refractivity contribution in [2.75, 3.05) is 0 Å². The zero-order valence-corrected chi connectivity index (χ0v) is 10.2. The zero-order valence-electron chi connectivity index (χ0n) is 8.57. The van der Waals surface area contributed by atoms with Crippen molar-refractivity contribution in [2.45, 2.75) is 6.92 Å². The highest BCUT2D eigenvalue weighted by Crippen LogP contribution is 2.26. The van der Waals surface area contributed by atoms with Crippen molar-refractivity contribution in [3.63, 3.8) is 0 Å². The molecule has 2 aromatic rings. The minimum atomic E-state index is -0.505. The van der Waals surface area contributed by atoms with Gasteiger partial charge in [-0.2, -0.15) is 0 Å². The third-order valence-corrected chi connectivity index (χ3v) is 2.63. The Bertz CT molecular complexity index is 503. The van der Waals surface area contributed by atoms with Crippen LogP contribution < -0.4 is 4.74 Å². The lowest BCUT2D eigenvalue weighted by Crippen LogP contribution is -2.07. The molecule has 3 nitrogen and oxygen atoms in total. The molecule has 0 aliphatic carbocycles. The van der Waals surface area contributed by atoms with Gasteiger partial charge >= 0.3 is 5.97 Å². The van der Waals surface area contributed by atoms with Gasteiger partial charge in [0.2, 0.25) is 5.76 Å². The van der Waals surface area contributed by atoms with Crippen molar-refractivity contribution in [1.29, 1.82) is 0 Å². The molecule has 0 atom stereocenters. The Morgan fingerprint density at radius 2 is 2.19 bits per heavy atom. The maximum Gasteiger partial charge on any atom is 0.379 e. The molecular weight excluding hydrogens is 272 g/mol. The molecule has 0 saturated heterocycles. The van der Waals surface area contributed by atoms with E-state index in [1.54, 1.807) is 18.2 Å². The van der Waals surface area contributed by atoms with E-state index in [0.717, 1.165) is 10.0 Å². The second kappa shape index (κ2) is 4.53. The predicted octanol–water partition coefficient (Wildman–Crippen LogP) is 3.57. The van der Waals surface area contributed by atoms with E-state index in [1.165, 1.54) is 6.26 Å². The summed E-state index contributed by atoms with van der Waals surface area (Å²) < 4.78 is 10.8. The summed E-state index contributed by atoms with van der Waals surface area (Å²) in [5, 5.41) is 0. The number of furan rings is 1. The number of esters is 1. The van der Waals surface area contributed by atoms with E-state index in [0.29, 0.717) is 5.75 Å². The Labute approximate surface area is 101 Å². The van der Waals surface area contributed by atoms with Crippen molar-refractivity contribution in [3.05, 3.63) is 52.4 Å². The first-order valence-electron chi connectivity index (χ1n) is 4.68. The standard InChI is InChI=1S/C12H9BrO3/c1-8-4-5-10(9(13)7-8)16-12(14)11-3-2-6-15-11/h2-7H,1H3. The third kappa shape index (κ3) is 2.33. The van der Waals surface area contributed by atoms with Gasteiger partial charge in [0, 0.05) is 0 Å². The summed E-state index contributed by atoms with van der Waals surface area (Å²) in [5.41, 5.74) is 1.09. The maximum absolute atomic E-state index is 11.6. The van der Waals surface area contributed by atoms with E-state index >= 15 is 0 Å². The Hall–Kier alpha value is -1.55. The fourth-order valence-electron chi connectivity index (χ4n) is 1.23. The molecule has 0 saturated carbocycles. The number of benzene rings is 1. The number of hydrogen-bond acceptors (Lipinski definition) is 3. The van der Waals surface area contributed by atoms with Crippen LogP contribution in [0.4, 0.5) is 0 Å². The molecule has 16 heavy (non-hydrogen) atoms. The van der Waals surface area contributed by atoms with Crippen LogP contribution in [0.25, 0.3) is 0 Å². The summed E-state index contributed by atoms with van der Waals surface area (Å²) in [5.74, 6) is 0.161. The molecule has 82 valence electrons. The predicted molar refractivity (Wildman–Crippen MR) is 62.5 cm³/mol. The smallest absolute Gasteiger partial charge is 0.379 e. The van der Waals surface area contributed by atoms with Gasteiger partial charge < -0.3 is 9.15 Å². The summed E-state index contributed by atoms with van der Waals surface area (Å²) in [7, 11) is 0. The van der Waals surface area contributed by atoms with Gasteiger partial charge in [-0.25, -0.2) is 4.79 Å². The lowest BCUT2D eigenvalue weighted by atomic mass is 10.2. The van der Waals surface area contributed by atoms with Crippen LogP contribution in [-0.4, -0.2) is 5.97 Å². The van der Waals surface area contributed by atoms with Crippen LogP contribution in [0.5, 0.6) is 5.75 Å². The van der Waals surface area contributed by atoms with Gasteiger partial charge in [-0.1, -0.05) is 6.07 Å². The second-order valence-corrected chi connectivity index (χ2v) is 4.16. The number of carbonyl (C=O) groups is 1. The van der Waals surface area contributed by atoms with E-state index in [1.807, 2.05) is 19.1 Å². The highest BCUT2D eigenvalue weighted by molar-refractivity contribution is 9.10.